The minimum absolute atomic E-state index is 0.0719. The van der Waals surface area contributed by atoms with Crippen LogP contribution in [0.2, 0.25) is 0 Å². The molecule has 0 fully saturated rings. The van der Waals surface area contributed by atoms with Crippen molar-refractivity contribution in [3.63, 3.8) is 0 Å². The Morgan fingerprint density at radius 2 is 2.13 bits per heavy atom. The van der Waals surface area contributed by atoms with Crippen molar-refractivity contribution in [2.45, 2.75) is 26.3 Å². The minimum Gasteiger partial charge on any atom is -0.490 e. The van der Waals surface area contributed by atoms with E-state index in [1.54, 1.807) is 4.68 Å². The van der Waals surface area contributed by atoms with Crippen LogP contribution < -0.4 is 14.8 Å². The maximum absolute atomic E-state index is 11.9. The van der Waals surface area contributed by atoms with Crippen LogP contribution in [-0.2, 0) is 4.79 Å². The molecule has 7 nitrogen and oxygen atoms in total. The summed E-state index contributed by atoms with van der Waals surface area (Å²) in [7, 11) is 0. The summed E-state index contributed by atoms with van der Waals surface area (Å²) >= 11 is 2.22. The molecule has 2 aromatic rings. The molecular weight excluding hydrogens is 411 g/mol. The number of rotatable bonds is 5. The number of hydrogen-bond acceptors (Lipinski definition) is 5. The lowest BCUT2D eigenvalue weighted by Crippen LogP contribution is -2.29. The first-order valence-corrected chi connectivity index (χ1v) is 8.50. The number of amides is 1. The van der Waals surface area contributed by atoms with Crippen LogP contribution in [0.4, 0.5) is 5.95 Å². The average molecular weight is 428 g/mol. The van der Waals surface area contributed by atoms with Crippen molar-refractivity contribution in [2.75, 3.05) is 18.5 Å². The molecule has 1 atom stereocenters. The SMILES string of the molecule is CCOc1cc([C@@H]2CC(=O)Nc3ncnn32)cc(I)c1OCC. The van der Waals surface area contributed by atoms with E-state index in [1.807, 2.05) is 26.0 Å². The maximum Gasteiger partial charge on any atom is 0.229 e. The Morgan fingerprint density at radius 1 is 1.35 bits per heavy atom. The van der Waals surface area contributed by atoms with E-state index >= 15 is 0 Å². The summed E-state index contributed by atoms with van der Waals surface area (Å²) in [6.45, 7) is 4.97. The summed E-state index contributed by atoms with van der Waals surface area (Å²) in [4.78, 5) is 16.0. The van der Waals surface area contributed by atoms with Crippen LogP contribution in [0.15, 0.2) is 18.5 Å². The van der Waals surface area contributed by atoms with Crippen LogP contribution in [0, 0.1) is 3.57 Å². The number of nitrogens with one attached hydrogen (secondary N) is 1. The van der Waals surface area contributed by atoms with Crippen LogP contribution >= 0.6 is 22.6 Å². The largest absolute Gasteiger partial charge is 0.490 e. The second-order valence-electron chi connectivity index (χ2n) is 4.99. The number of aromatic nitrogens is 3. The van der Waals surface area contributed by atoms with E-state index in [1.165, 1.54) is 6.33 Å². The Hall–Kier alpha value is -1.84. The molecule has 0 saturated heterocycles. The first-order valence-electron chi connectivity index (χ1n) is 7.42. The topological polar surface area (TPSA) is 78.3 Å². The highest BCUT2D eigenvalue weighted by Crippen LogP contribution is 2.38. The lowest BCUT2D eigenvalue weighted by atomic mass is 10.0. The highest BCUT2D eigenvalue weighted by molar-refractivity contribution is 14.1. The Morgan fingerprint density at radius 3 is 2.87 bits per heavy atom. The van der Waals surface area contributed by atoms with Gasteiger partial charge in [-0.25, -0.2) is 4.68 Å². The molecule has 0 unspecified atom stereocenters. The van der Waals surface area contributed by atoms with Crippen molar-refractivity contribution in [1.82, 2.24) is 14.8 Å². The van der Waals surface area contributed by atoms with Crippen molar-refractivity contribution < 1.29 is 14.3 Å². The first kappa shape index (κ1) is 16.0. The van der Waals surface area contributed by atoms with Gasteiger partial charge in [0.15, 0.2) is 11.5 Å². The fourth-order valence-electron chi connectivity index (χ4n) is 2.59. The fraction of sp³-hybridized carbons (Fsp3) is 0.400. The lowest BCUT2D eigenvalue weighted by Gasteiger charge is -2.25. The molecule has 0 saturated carbocycles. The van der Waals surface area contributed by atoms with E-state index in [0.717, 1.165) is 14.9 Å². The molecule has 2 heterocycles. The number of halogens is 1. The molecule has 122 valence electrons. The number of fused-ring (bicyclic) bond motifs is 1. The van der Waals surface area contributed by atoms with Crippen molar-refractivity contribution in [3.05, 3.63) is 27.6 Å². The van der Waals surface area contributed by atoms with Gasteiger partial charge in [-0.05, 0) is 54.1 Å². The third-order valence-corrected chi connectivity index (χ3v) is 4.30. The summed E-state index contributed by atoms with van der Waals surface area (Å²) < 4.78 is 14.1. The number of carbonyl (C=O) groups is 1. The van der Waals surface area contributed by atoms with Gasteiger partial charge in [0.05, 0.1) is 29.2 Å². The predicted octanol–water partition coefficient (Wildman–Crippen LogP) is 2.61. The van der Waals surface area contributed by atoms with E-state index in [4.69, 9.17) is 9.47 Å². The van der Waals surface area contributed by atoms with Gasteiger partial charge >= 0.3 is 0 Å². The fourth-order valence-corrected chi connectivity index (χ4v) is 3.37. The minimum atomic E-state index is -0.204. The highest BCUT2D eigenvalue weighted by Gasteiger charge is 2.29. The van der Waals surface area contributed by atoms with Crippen molar-refractivity contribution >= 4 is 34.4 Å². The Kier molecular flexibility index (Phi) is 4.69. The number of benzene rings is 1. The monoisotopic (exact) mass is 428 g/mol. The van der Waals surface area contributed by atoms with Crippen LogP contribution in [0.25, 0.3) is 0 Å². The second-order valence-corrected chi connectivity index (χ2v) is 6.15. The molecule has 0 radical (unpaired) electrons. The normalized spacial score (nSPS) is 16.7. The zero-order chi connectivity index (χ0) is 16.4. The van der Waals surface area contributed by atoms with Crippen molar-refractivity contribution in [1.29, 1.82) is 0 Å². The van der Waals surface area contributed by atoms with Gasteiger partial charge in [0.2, 0.25) is 11.9 Å². The molecule has 1 aliphatic heterocycles. The number of nitrogens with zero attached hydrogens (tertiary/aromatic N) is 3. The molecule has 23 heavy (non-hydrogen) atoms. The van der Waals surface area contributed by atoms with E-state index in [9.17, 15) is 4.79 Å². The third-order valence-electron chi connectivity index (χ3n) is 3.50. The number of anilines is 1. The van der Waals surface area contributed by atoms with Gasteiger partial charge < -0.3 is 9.47 Å². The Bertz CT molecular complexity index is 732. The molecular formula is C15H17IN4O3. The molecule has 1 aromatic carbocycles. The highest BCUT2D eigenvalue weighted by atomic mass is 127. The maximum atomic E-state index is 11.9. The zero-order valence-corrected chi connectivity index (χ0v) is 15.0. The molecule has 0 aliphatic carbocycles. The van der Waals surface area contributed by atoms with Gasteiger partial charge in [-0.15, -0.1) is 0 Å². The van der Waals surface area contributed by atoms with Gasteiger partial charge in [-0.2, -0.15) is 10.1 Å². The van der Waals surface area contributed by atoms with Gasteiger partial charge in [-0.3, -0.25) is 10.1 Å². The van der Waals surface area contributed by atoms with Crippen LogP contribution in [-0.4, -0.2) is 33.9 Å². The Labute approximate surface area is 147 Å². The molecule has 1 aromatic heterocycles. The smallest absolute Gasteiger partial charge is 0.229 e. The van der Waals surface area contributed by atoms with Gasteiger partial charge in [0.25, 0.3) is 0 Å². The molecule has 1 N–H and O–H groups in total. The Balaban J connectivity index is 2.05. The number of carbonyl (C=O) groups excluding carboxylic acids is 1. The van der Waals surface area contributed by atoms with Gasteiger partial charge in [0.1, 0.15) is 6.33 Å². The van der Waals surface area contributed by atoms with Gasteiger partial charge in [-0.1, -0.05) is 0 Å². The van der Waals surface area contributed by atoms with Crippen LogP contribution in [0.1, 0.15) is 31.9 Å². The molecule has 8 heteroatoms. The molecule has 0 spiro atoms. The molecule has 0 bridgehead atoms. The first-order chi connectivity index (χ1) is 11.1. The van der Waals surface area contributed by atoms with Gasteiger partial charge in [0, 0.05) is 0 Å². The van der Waals surface area contributed by atoms with Crippen LogP contribution in [0.5, 0.6) is 11.5 Å². The van der Waals surface area contributed by atoms with Crippen molar-refractivity contribution in [3.8, 4) is 11.5 Å². The zero-order valence-electron chi connectivity index (χ0n) is 12.9. The summed E-state index contributed by atoms with van der Waals surface area (Å²) in [6, 6.07) is 3.72. The lowest BCUT2D eigenvalue weighted by molar-refractivity contribution is -0.117. The van der Waals surface area contributed by atoms with E-state index in [2.05, 4.69) is 38.0 Å². The number of hydrogen-bond donors (Lipinski definition) is 1. The van der Waals surface area contributed by atoms with Crippen LogP contribution in [0.3, 0.4) is 0 Å². The quantitative estimate of drug-likeness (QED) is 0.741. The summed E-state index contributed by atoms with van der Waals surface area (Å²) in [5.74, 6) is 1.81. The molecule has 1 aliphatic rings. The van der Waals surface area contributed by atoms with E-state index < -0.39 is 0 Å². The molecule has 3 rings (SSSR count). The van der Waals surface area contributed by atoms with Crippen molar-refractivity contribution in [2.24, 2.45) is 0 Å². The summed E-state index contributed by atoms with van der Waals surface area (Å²) in [5.41, 5.74) is 0.947. The van der Waals surface area contributed by atoms with E-state index in [0.29, 0.717) is 31.3 Å². The predicted molar refractivity (Wildman–Crippen MR) is 92.9 cm³/mol. The average Bonchev–Trinajstić information content (AvgIpc) is 2.98. The second kappa shape index (κ2) is 6.73. The third kappa shape index (κ3) is 3.12. The van der Waals surface area contributed by atoms with E-state index in [-0.39, 0.29) is 11.9 Å². The molecule has 1 amide bonds. The summed E-state index contributed by atoms with van der Waals surface area (Å²) in [5, 5.41) is 6.95. The number of ether oxygens (including phenoxy) is 2. The standard InChI is InChI=1S/C15H17IN4O3/c1-3-22-12-6-9(5-10(16)14(12)23-4-2)11-7-13(21)19-15-17-8-18-20(11)15/h5-6,8,11H,3-4,7H2,1-2H3,(H,17,18,19,21)/t11-/m0/s1. The summed E-state index contributed by atoms with van der Waals surface area (Å²) in [6.07, 6.45) is 1.75.